The average molecular weight is 253 g/mol. The summed E-state index contributed by atoms with van der Waals surface area (Å²) in [6.45, 7) is 4.35. The fraction of sp³-hybridized carbons (Fsp3) is 0.846. The predicted molar refractivity (Wildman–Crippen MR) is 69.1 cm³/mol. The zero-order chi connectivity index (χ0) is 13.0. The number of hydrogen-bond acceptors (Lipinski definition) is 3. The lowest BCUT2D eigenvalue weighted by molar-refractivity contribution is -0.137. The van der Waals surface area contributed by atoms with Gasteiger partial charge in [-0.2, -0.15) is 0 Å². The molecule has 0 aromatic rings. The minimum Gasteiger partial charge on any atom is -0.343 e. The first kappa shape index (κ1) is 13.3. The maximum atomic E-state index is 12.1. The topological polar surface area (TPSA) is 61.4 Å². The van der Waals surface area contributed by atoms with E-state index in [0.717, 1.165) is 45.3 Å². The zero-order valence-corrected chi connectivity index (χ0v) is 11.1. The van der Waals surface area contributed by atoms with E-state index in [0.29, 0.717) is 0 Å². The second-order valence-electron chi connectivity index (χ2n) is 5.27. The van der Waals surface area contributed by atoms with Crippen LogP contribution >= 0.6 is 0 Å². The molecule has 18 heavy (non-hydrogen) atoms. The fourth-order valence-electron chi connectivity index (χ4n) is 2.67. The highest BCUT2D eigenvalue weighted by Crippen LogP contribution is 2.10. The number of likely N-dealkylation sites (tertiary alicyclic amines) is 1. The molecule has 0 aliphatic carbocycles. The number of carbonyl (C=O) groups is 2. The lowest BCUT2D eigenvalue weighted by Gasteiger charge is -2.29. The van der Waals surface area contributed by atoms with E-state index in [4.69, 9.17) is 0 Å². The van der Waals surface area contributed by atoms with E-state index in [2.05, 4.69) is 10.6 Å². The van der Waals surface area contributed by atoms with Gasteiger partial charge in [0.1, 0.15) is 6.04 Å². The lowest BCUT2D eigenvalue weighted by atomic mass is 10.1. The van der Waals surface area contributed by atoms with Gasteiger partial charge >= 0.3 is 0 Å². The van der Waals surface area contributed by atoms with Gasteiger partial charge in [0.2, 0.25) is 11.8 Å². The minimum absolute atomic E-state index is 0.0367. The molecule has 2 unspecified atom stereocenters. The summed E-state index contributed by atoms with van der Waals surface area (Å²) in [6, 6.07) is -0.514. The second-order valence-corrected chi connectivity index (χ2v) is 5.27. The fourth-order valence-corrected chi connectivity index (χ4v) is 2.67. The van der Waals surface area contributed by atoms with Crippen molar-refractivity contribution in [3.05, 3.63) is 0 Å². The van der Waals surface area contributed by atoms with Crippen molar-refractivity contribution >= 4 is 11.8 Å². The van der Waals surface area contributed by atoms with Gasteiger partial charge in [-0.25, -0.2) is 0 Å². The summed E-state index contributed by atoms with van der Waals surface area (Å²) >= 11 is 0. The molecule has 0 bridgehead atoms. The highest BCUT2D eigenvalue weighted by Gasteiger charge is 2.27. The monoisotopic (exact) mass is 253 g/mol. The van der Waals surface area contributed by atoms with Crippen molar-refractivity contribution in [2.45, 2.75) is 51.1 Å². The molecular weight excluding hydrogens is 230 g/mol. The summed E-state index contributed by atoms with van der Waals surface area (Å²) in [6.07, 6.45) is 5.27. The number of rotatable bonds is 3. The van der Waals surface area contributed by atoms with Crippen molar-refractivity contribution in [3.63, 3.8) is 0 Å². The molecule has 2 fully saturated rings. The first-order valence-electron chi connectivity index (χ1n) is 7.01. The number of hydrogen-bond donors (Lipinski definition) is 2. The summed E-state index contributed by atoms with van der Waals surface area (Å²) in [5.74, 6) is 0.0198. The Kier molecular flexibility index (Phi) is 4.58. The molecule has 2 N–H and O–H groups in total. The molecule has 102 valence electrons. The van der Waals surface area contributed by atoms with Crippen LogP contribution in [0.2, 0.25) is 0 Å². The Morgan fingerprint density at radius 1 is 1.22 bits per heavy atom. The molecule has 0 saturated carbocycles. The van der Waals surface area contributed by atoms with Gasteiger partial charge in [0, 0.05) is 13.1 Å². The van der Waals surface area contributed by atoms with Gasteiger partial charge in [-0.15, -0.1) is 0 Å². The predicted octanol–water partition coefficient (Wildman–Crippen LogP) is 0.256. The summed E-state index contributed by atoms with van der Waals surface area (Å²) < 4.78 is 0. The van der Waals surface area contributed by atoms with E-state index in [1.54, 1.807) is 6.92 Å². The van der Waals surface area contributed by atoms with Crippen molar-refractivity contribution in [1.82, 2.24) is 15.5 Å². The van der Waals surface area contributed by atoms with Crippen LogP contribution in [0.5, 0.6) is 0 Å². The Morgan fingerprint density at radius 2 is 1.94 bits per heavy atom. The van der Waals surface area contributed by atoms with Crippen molar-refractivity contribution in [1.29, 1.82) is 0 Å². The van der Waals surface area contributed by atoms with Gasteiger partial charge in [-0.1, -0.05) is 0 Å². The van der Waals surface area contributed by atoms with Gasteiger partial charge in [-0.3, -0.25) is 9.59 Å². The number of piperidine rings is 1. The third kappa shape index (κ3) is 3.22. The van der Waals surface area contributed by atoms with Crippen LogP contribution in [0, 0.1) is 0 Å². The van der Waals surface area contributed by atoms with Crippen LogP contribution in [0.25, 0.3) is 0 Å². The first-order chi connectivity index (χ1) is 8.68. The standard InChI is InChI=1S/C13H23N3O2/c1-10(13(18)16-8-3-2-4-9-16)15-12(17)11-6-5-7-14-11/h10-11,14H,2-9H2,1H3,(H,15,17). The van der Waals surface area contributed by atoms with Gasteiger partial charge < -0.3 is 15.5 Å². The molecule has 2 saturated heterocycles. The van der Waals surface area contributed by atoms with Crippen molar-refractivity contribution in [3.8, 4) is 0 Å². The molecule has 2 atom stereocenters. The number of nitrogens with one attached hydrogen (secondary N) is 2. The third-order valence-corrected chi connectivity index (χ3v) is 3.77. The van der Waals surface area contributed by atoms with Crippen LogP contribution in [0.15, 0.2) is 0 Å². The highest BCUT2D eigenvalue weighted by atomic mass is 16.2. The lowest BCUT2D eigenvalue weighted by Crippen LogP contribution is -2.52. The third-order valence-electron chi connectivity index (χ3n) is 3.77. The Morgan fingerprint density at radius 3 is 2.56 bits per heavy atom. The van der Waals surface area contributed by atoms with Gasteiger partial charge in [0.15, 0.2) is 0 Å². The molecule has 2 heterocycles. The van der Waals surface area contributed by atoms with E-state index in [-0.39, 0.29) is 17.9 Å². The van der Waals surface area contributed by atoms with E-state index >= 15 is 0 Å². The maximum Gasteiger partial charge on any atom is 0.244 e. The molecule has 5 heteroatoms. The molecule has 2 amide bonds. The van der Waals surface area contributed by atoms with Crippen molar-refractivity contribution in [2.75, 3.05) is 19.6 Å². The van der Waals surface area contributed by atoms with Crippen LogP contribution in [0.4, 0.5) is 0 Å². The Bertz CT molecular complexity index is 307. The van der Waals surface area contributed by atoms with E-state index in [1.165, 1.54) is 6.42 Å². The summed E-state index contributed by atoms with van der Waals surface area (Å²) in [5, 5.41) is 5.97. The zero-order valence-electron chi connectivity index (χ0n) is 11.1. The summed E-state index contributed by atoms with van der Waals surface area (Å²) in [4.78, 5) is 25.9. The normalized spacial score (nSPS) is 25.8. The van der Waals surface area contributed by atoms with E-state index in [9.17, 15) is 9.59 Å². The average Bonchev–Trinajstić information content (AvgIpc) is 2.92. The van der Waals surface area contributed by atoms with Crippen molar-refractivity contribution in [2.24, 2.45) is 0 Å². The molecule has 0 aromatic heterocycles. The maximum absolute atomic E-state index is 12.1. The van der Waals surface area contributed by atoms with Crippen LogP contribution < -0.4 is 10.6 Å². The molecule has 0 spiro atoms. The quantitative estimate of drug-likeness (QED) is 0.758. The van der Waals surface area contributed by atoms with E-state index < -0.39 is 6.04 Å². The largest absolute Gasteiger partial charge is 0.343 e. The van der Waals surface area contributed by atoms with Crippen molar-refractivity contribution < 1.29 is 9.59 Å². The molecular formula is C13H23N3O2. The van der Waals surface area contributed by atoms with Crippen LogP contribution in [0.3, 0.4) is 0 Å². The molecule has 2 rings (SSSR count). The van der Waals surface area contributed by atoms with Crippen LogP contribution in [0.1, 0.15) is 39.0 Å². The highest BCUT2D eigenvalue weighted by molar-refractivity contribution is 5.89. The molecule has 2 aliphatic rings. The second kappa shape index (κ2) is 6.18. The SMILES string of the molecule is CC(NC(=O)C1CCCN1)C(=O)N1CCCCC1. The Hall–Kier alpha value is -1.10. The molecule has 5 nitrogen and oxygen atoms in total. The Labute approximate surface area is 108 Å². The number of carbonyl (C=O) groups excluding carboxylic acids is 2. The summed E-state index contributed by atoms with van der Waals surface area (Å²) in [5.41, 5.74) is 0. The Balaban J connectivity index is 1.80. The molecule has 2 aliphatic heterocycles. The molecule has 0 radical (unpaired) electrons. The van der Waals surface area contributed by atoms with Gasteiger partial charge in [0.25, 0.3) is 0 Å². The smallest absolute Gasteiger partial charge is 0.244 e. The first-order valence-corrected chi connectivity index (χ1v) is 7.01. The van der Waals surface area contributed by atoms with E-state index in [1.807, 2.05) is 4.90 Å². The van der Waals surface area contributed by atoms with Gasteiger partial charge in [-0.05, 0) is 45.6 Å². The number of nitrogens with zero attached hydrogens (tertiary/aromatic N) is 1. The minimum atomic E-state index is -0.405. The van der Waals surface area contributed by atoms with Crippen LogP contribution in [-0.4, -0.2) is 48.4 Å². The van der Waals surface area contributed by atoms with Gasteiger partial charge in [0.05, 0.1) is 6.04 Å². The summed E-state index contributed by atoms with van der Waals surface area (Å²) in [7, 11) is 0. The van der Waals surface area contributed by atoms with Crippen LogP contribution in [-0.2, 0) is 9.59 Å². The molecule has 0 aromatic carbocycles. The number of amides is 2.